The van der Waals surface area contributed by atoms with Crippen molar-refractivity contribution in [3.63, 3.8) is 0 Å². The third-order valence-electron chi connectivity index (χ3n) is 14.8. The number of aliphatic hydroxyl groups excluding tert-OH is 5. The number of aliphatic carboxylic acids is 1. The number of aromatic nitrogens is 2. The summed E-state index contributed by atoms with van der Waals surface area (Å²) in [7, 11) is -14.9. The number of H-pyrrole nitrogens is 2. The largest absolute Gasteiger partial charge is 0.479 e. The van der Waals surface area contributed by atoms with Crippen molar-refractivity contribution in [3.05, 3.63) is 92.8 Å². The SMILES string of the molecule is CC1OC(OC2C(NC(=O)c3cc(=O)[nH]c(=O)[nH]3)CC([B]Nc3cc(S(=O)(=O)O)cc4cc(S(=O)(=O)O)cc(S(=O)(=O)O)c34)CC2OC2OC(CO)C(O)C(O[C@@H](CC3CCCCC3)C(=O)O)C2OC(=O)c2ccccc2)C(O)C(O)C1O. The van der Waals surface area contributed by atoms with Gasteiger partial charge in [-0.3, -0.25) is 28.2 Å². The van der Waals surface area contributed by atoms with E-state index in [-0.39, 0.29) is 17.9 Å². The first-order valence-corrected chi connectivity index (χ1v) is 30.2. The lowest BCUT2D eigenvalue weighted by atomic mass is 9.64. The van der Waals surface area contributed by atoms with Crippen LogP contribution in [0.5, 0.6) is 0 Å². The topological polar surface area (TPSA) is 481 Å². The molecule has 4 fully saturated rings. The van der Waals surface area contributed by atoms with E-state index in [4.69, 9.17) is 28.4 Å². The lowest BCUT2D eigenvalue weighted by Gasteiger charge is -2.49. The van der Waals surface area contributed by atoms with E-state index in [1.165, 1.54) is 31.2 Å². The maximum absolute atomic E-state index is 14.2. The minimum atomic E-state index is -5.48. The number of carboxylic acid groups (broad SMARTS) is 1. The average Bonchev–Trinajstić information content (AvgIpc) is 2.41. The van der Waals surface area contributed by atoms with Crippen molar-refractivity contribution in [3.8, 4) is 0 Å². The summed E-state index contributed by atoms with van der Waals surface area (Å²) in [6, 6.07) is 8.69. The van der Waals surface area contributed by atoms with Gasteiger partial charge in [0.2, 0.25) is 7.41 Å². The molecule has 2 aliphatic carbocycles. The van der Waals surface area contributed by atoms with Crippen LogP contribution in [0.25, 0.3) is 10.8 Å². The molecule has 3 heterocycles. The van der Waals surface area contributed by atoms with Crippen molar-refractivity contribution in [1.29, 1.82) is 0 Å². The Hall–Kier alpha value is -5.80. The fourth-order valence-corrected chi connectivity index (χ4v) is 12.6. The second-order valence-corrected chi connectivity index (χ2v) is 24.8. The Bertz CT molecular complexity index is 3460. The van der Waals surface area contributed by atoms with Crippen LogP contribution in [0.2, 0.25) is 5.82 Å². The molecule has 15 atom stereocenters. The van der Waals surface area contributed by atoms with Crippen LogP contribution < -0.4 is 21.8 Å². The number of benzene rings is 3. The van der Waals surface area contributed by atoms with E-state index in [1.54, 1.807) is 6.07 Å². The summed E-state index contributed by atoms with van der Waals surface area (Å²) in [6.45, 7) is 0.301. The molecule has 0 bridgehead atoms. The first-order valence-electron chi connectivity index (χ1n) is 25.9. The second-order valence-electron chi connectivity index (χ2n) is 20.6. The molecular formula is C49H60BN4O26S3. The van der Waals surface area contributed by atoms with E-state index in [2.05, 4.69) is 15.5 Å². The molecule has 2 saturated heterocycles. The Morgan fingerprint density at radius 3 is 2.04 bits per heavy atom. The van der Waals surface area contributed by atoms with Crippen molar-refractivity contribution in [2.24, 2.45) is 5.92 Å². The van der Waals surface area contributed by atoms with Crippen LogP contribution in [-0.4, -0.2) is 197 Å². The fourth-order valence-electron chi connectivity index (χ4n) is 10.7. The van der Waals surface area contributed by atoms with E-state index in [0.717, 1.165) is 26.7 Å². The molecule has 14 unspecified atom stereocenters. The standard InChI is InChI=1S/C49H60BN4O26S3/c1-21-37(57)39(59)40(60)47(75-21)80-41-29(51-44(61)30-19-35(56)53-49(65)52-30)15-25(50-54-28-17-26(81(66,67)68)13-24-14-27(82(69,70)71)18-34(36(24)28)83(72,73)74)16-31(41)77-48-43(79-46(64)23-10-6-3-7-11-23)42(38(58)33(20-55)78-48)76-32(45(62)63)12-22-8-4-2-5-9-22/h3,6-7,10-11,13-14,17-19,21-22,25,29,31-33,37-43,47-48,54-55,57-60H,2,4-5,8-9,12,15-16,20H2,1H3,(H,51,61)(H,62,63)(H,66,67,68)(H,69,70,71)(H,72,73,74)(H2,52,53,56,65)/t21?,25?,29?,31?,32-,33?,37?,38?,39?,40?,41?,42?,43?,47?,48?/m0/s1. The van der Waals surface area contributed by atoms with Crippen LogP contribution in [0.4, 0.5) is 5.69 Å². The molecular weight excluding hydrogens is 1170 g/mol. The highest BCUT2D eigenvalue weighted by molar-refractivity contribution is 7.87. The van der Waals surface area contributed by atoms with Gasteiger partial charge < -0.3 is 74.6 Å². The Balaban J connectivity index is 1.26. The molecule has 3 aromatic carbocycles. The first-order chi connectivity index (χ1) is 39.0. The van der Waals surface area contributed by atoms with Crippen LogP contribution in [-0.2, 0) is 63.6 Å². The zero-order valence-electron chi connectivity index (χ0n) is 43.6. The highest BCUT2D eigenvalue weighted by atomic mass is 32.2. The fraction of sp³-hybridized carbons (Fsp3) is 0.531. The van der Waals surface area contributed by atoms with E-state index in [1.807, 2.05) is 4.98 Å². The van der Waals surface area contributed by atoms with E-state index < -0.39 is 207 Å². The van der Waals surface area contributed by atoms with Crippen LogP contribution in [0.1, 0.15) is 79.1 Å². The molecule has 0 spiro atoms. The molecule has 30 nitrogen and oxygen atoms in total. The lowest BCUT2D eigenvalue weighted by molar-refractivity contribution is -0.346. The van der Waals surface area contributed by atoms with Gasteiger partial charge in [-0.05, 0) is 79.7 Å². The van der Waals surface area contributed by atoms with Gasteiger partial charge >= 0.3 is 17.6 Å². The van der Waals surface area contributed by atoms with Crippen molar-refractivity contribution in [1.82, 2.24) is 15.3 Å². The number of carboxylic acids is 1. The van der Waals surface area contributed by atoms with Gasteiger partial charge in [-0.25, -0.2) is 14.4 Å². The summed E-state index contributed by atoms with van der Waals surface area (Å²) in [5.74, 6) is -5.07. The quantitative estimate of drug-likeness (QED) is 0.0289. The minimum absolute atomic E-state index is 0.0599. The summed E-state index contributed by atoms with van der Waals surface area (Å²) >= 11 is 0. The smallest absolute Gasteiger partial charge is 0.338 e. The number of hydrogen-bond donors (Lipinski definition) is 13. The molecule has 13 N–H and O–H groups in total. The predicted octanol–water partition coefficient (Wildman–Crippen LogP) is -0.921. The normalized spacial score (nSPS) is 29.6. The molecule has 4 aliphatic rings. The Kier molecular flexibility index (Phi) is 19.7. The number of aromatic amines is 2. The molecule has 453 valence electrons. The Morgan fingerprint density at radius 1 is 0.759 bits per heavy atom. The Morgan fingerprint density at radius 2 is 1.42 bits per heavy atom. The number of ether oxygens (including phenoxy) is 6. The molecule has 8 rings (SSSR count). The van der Waals surface area contributed by atoms with Crippen LogP contribution >= 0.6 is 0 Å². The van der Waals surface area contributed by atoms with E-state index in [0.29, 0.717) is 43.2 Å². The number of carbonyl (C=O) groups excluding carboxylic acids is 2. The molecule has 2 saturated carbocycles. The number of esters is 1. The van der Waals surface area contributed by atoms with Crippen molar-refractivity contribution in [2.75, 3.05) is 11.8 Å². The third kappa shape index (κ3) is 15.0. The van der Waals surface area contributed by atoms with Gasteiger partial charge in [0.25, 0.3) is 41.8 Å². The number of hydrogen-bond acceptors (Lipinski definition) is 23. The van der Waals surface area contributed by atoms with Crippen molar-refractivity contribution >= 4 is 72.1 Å². The monoisotopic (exact) mass is 1230 g/mol. The summed E-state index contributed by atoms with van der Waals surface area (Å²) < 4.78 is 143. The third-order valence-corrected chi connectivity index (χ3v) is 17.4. The molecule has 1 radical (unpaired) electrons. The highest BCUT2D eigenvalue weighted by Gasteiger charge is 2.54. The molecule has 83 heavy (non-hydrogen) atoms. The van der Waals surface area contributed by atoms with Crippen LogP contribution in [0.3, 0.4) is 0 Å². The van der Waals surface area contributed by atoms with Gasteiger partial charge in [0.05, 0.1) is 40.2 Å². The number of fused-ring (bicyclic) bond motifs is 1. The predicted molar refractivity (Wildman–Crippen MR) is 282 cm³/mol. The molecule has 1 amide bonds. The molecule has 4 aromatic rings. The lowest BCUT2D eigenvalue weighted by Crippen LogP contribution is -2.65. The van der Waals surface area contributed by atoms with Gasteiger partial charge in [-0.15, -0.1) is 0 Å². The maximum Gasteiger partial charge on any atom is 0.338 e. The number of anilines is 1. The van der Waals surface area contributed by atoms with Crippen molar-refractivity contribution in [2.45, 2.75) is 165 Å². The summed E-state index contributed by atoms with van der Waals surface area (Å²) in [5.41, 5.74) is -3.45. The average molecular weight is 1230 g/mol. The van der Waals surface area contributed by atoms with Gasteiger partial charge in [0, 0.05) is 17.1 Å². The number of nitrogens with one attached hydrogen (secondary N) is 4. The summed E-state index contributed by atoms with van der Waals surface area (Å²) in [6.07, 6.45) is -20.8. The van der Waals surface area contributed by atoms with E-state index >= 15 is 0 Å². The highest BCUT2D eigenvalue weighted by Crippen LogP contribution is 2.41. The zero-order valence-corrected chi connectivity index (χ0v) is 46.1. The van der Waals surface area contributed by atoms with Crippen LogP contribution in [0, 0.1) is 5.92 Å². The number of carbonyl (C=O) groups is 3. The molecule has 2 aliphatic heterocycles. The Labute approximate surface area is 472 Å². The van der Waals surface area contributed by atoms with Gasteiger partial charge in [-0.2, -0.15) is 25.3 Å². The zero-order chi connectivity index (χ0) is 60.5. The second kappa shape index (κ2) is 25.8. The van der Waals surface area contributed by atoms with E-state index in [9.17, 15) is 93.5 Å². The first kappa shape index (κ1) is 63.2. The van der Waals surface area contributed by atoms with Gasteiger partial charge in [0.15, 0.2) is 24.8 Å². The number of aliphatic hydroxyl groups is 5. The number of rotatable bonds is 20. The van der Waals surface area contributed by atoms with Gasteiger partial charge in [-0.1, -0.05) is 50.3 Å². The summed E-state index contributed by atoms with van der Waals surface area (Å²) in [5, 5.41) is 70.1. The van der Waals surface area contributed by atoms with Gasteiger partial charge in [0.1, 0.15) is 53.3 Å². The van der Waals surface area contributed by atoms with Crippen LogP contribution in [0.15, 0.2) is 84.9 Å². The maximum atomic E-state index is 14.2. The summed E-state index contributed by atoms with van der Waals surface area (Å²) in [4.78, 5) is 66.9. The molecule has 34 heteroatoms. The van der Waals surface area contributed by atoms with Crippen molar-refractivity contribution < 1.29 is 112 Å². The minimum Gasteiger partial charge on any atom is -0.479 e. The number of amides is 1. The molecule has 1 aromatic heterocycles.